The van der Waals surface area contributed by atoms with Crippen molar-refractivity contribution in [2.24, 2.45) is 0 Å². The molecule has 5 heteroatoms. The third-order valence-electron chi connectivity index (χ3n) is 7.04. The maximum Gasteiger partial charge on any atom is 0.414 e. The molecule has 2 aromatic carbocycles. The number of aryl methyl sites for hydroxylation is 1. The molecule has 1 aliphatic carbocycles. The second-order valence-corrected chi connectivity index (χ2v) is 9.01. The Morgan fingerprint density at radius 3 is 2.58 bits per heavy atom. The highest BCUT2D eigenvalue weighted by atomic mass is 16.5. The van der Waals surface area contributed by atoms with Crippen LogP contribution in [0, 0.1) is 0 Å². The Labute approximate surface area is 184 Å². The molecule has 1 fully saturated rings. The lowest BCUT2D eigenvalue weighted by atomic mass is 9.94. The molecule has 0 N–H and O–H groups in total. The first-order chi connectivity index (χ1) is 15.2. The van der Waals surface area contributed by atoms with Gasteiger partial charge in [0.2, 0.25) is 0 Å². The number of hydrogen-bond donors (Lipinski definition) is 0. The Bertz CT molecular complexity index is 1080. The number of anilines is 1. The van der Waals surface area contributed by atoms with Crippen molar-refractivity contribution >= 4 is 22.8 Å². The lowest BCUT2D eigenvalue weighted by Crippen LogP contribution is -2.42. The number of imidazole rings is 1. The van der Waals surface area contributed by atoms with E-state index >= 15 is 0 Å². The summed E-state index contributed by atoms with van der Waals surface area (Å²) >= 11 is 0. The summed E-state index contributed by atoms with van der Waals surface area (Å²) in [7, 11) is 1.46. The number of carbonyl (C=O) groups is 1. The van der Waals surface area contributed by atoms with Gasteiger partial charge in [0.25, 0.3) is 0 Å². The molecule has 5 nitrogen and oxygen atoms in total. The standard InChI is InChI=1S/C26H31N3O2/c1-18-13-14-21-22(28(18)26(30)31-2)15-16-23-25(21)27-24(17-19-9-5-3-6-10-19)29(23)20-11-7-4-8-12-20/h3,5-6,9-10,15-16,18,20H,4,7-8,11-14,17H2,1-2H3. The molecule has 1 unspecified atom stereocenters. The normalized spacial score (nSPS) is 19.4. The van der Waals surface area contributed by atoms with Crippen LogP contribution >= 0.6 is 0 Å². The summed E-state index contributed by atoms with van der Waals surface area (Å²) in [6.45, 7) is 2.09. The Morgan fingerprint density at radius 2 is 1.84 bits per heavy atom. The van der Waals surface area contributed by atoms with Gasteiger partial charge in [0.1, 0.15) is 5.82 Å². The molecule has 0 radical (unpaired) electrons. The van der Waals surface area contributed by atoms with Crippen LogP contribution in [0.15, 0.2) is 42.5 Å². The van der Waals surface area contributed by atoms with E-state index in [1.807, 2.05) is 0 Å². The first kappa shape index (κ1) is 20.1. The van der Waals surface area contributed by atoms with Gasteiger partial charge in [-0.2, -0.15) is 0 Å². The lowest BCUT2D eigenvalue weighted by molar-refractivity contribution is 0.175. The number of nitrogens with zero attached hydrogens (tertiary/aromatic N) is 3. The van der Waals surface area contributed by atoms with Crippen LogP contribution in [0.4, 0.5) is 10.5 Å². The number of carbonyl (C=O) groups excluding carboxylic acids is 1. The highest BCUT2D eigenvalue weighted by Gasteiger charge is 2.32. The van der Waals surface area contributed by atoms with E-state index in [1.54, 1.807) is 4.90 Å². The van der Waals surface area contributed by atoms with Gasteiger partial charge in [-0.1, -0.05) is 49.6 Å². The van der Waals surface area contributed by atoms with Crippen molar-refractivity contribution in [1.82, 2.24) is 9.55 Å². The molecule has 2 heterocycles. The van der Waals surface area contributed by atoms with E-state index in [0.29, 0.717) is 6.04 Å². The van der Waals surface area contributed by atoms with Crippen molar-refractivity contribution in [2.45, 2.75) is 70.4 Å². The lowest BCUT2D eigenvalue weighted by Gasteiger charge is -2.34. The van der Waals surface area contributed by atoms with E-state index in [4.69, 9.17) is 9.72 Å². The number of aromatic nitrogens is 2. The van der Waals surface area contributed by atoms with Gasteiger partial charge in [-0.25, -0.2) is 9.78 Å². The first-order valence-electron chi connectivity index (χ1n) is 11.6. The molecule has 0 spiro atoms. The van der Waals surface area contributed by atoms with E-state index in [0.717, 1.165) is 36.3 Å². The molecular formula is C26H31N3O2. The van der Waals surface area contributed by atoms with Crippen LogP contribution in [0.5, 0.6) is 0 Å². The minimum atomic E-state index is -0.288. The molecule has 0 bridgehead atoms. The maximum atomic E-state index is 12.5. The molecular weight excluding hydrogens is 386 g/mol. The summed E-state index contributed by atoms with van der Waals surface area (Å²) < 4.78 is 7.61. The molecule has 1 aromatic heterocycles. The van der Waals surface area contributed by atoms with Gasteiger partial charge in [-0.05, 0) is 50.3 Å². The SMILES string of the molecule is COC(=O)N1c2ccc3c(nc(Cc4ccccc4)n3C3CCCCC3)c2CCC1C. The van der Waals surface area contributed by atoms with Gasteiger partial charge in [0.15, 0.2) is 0 Å². The average molecular weight is 418 g/mol. The maximum absolute atomic E-state index is 12.5. The molecule has 0 saturated heterocycles. The Balaban J connectivity index is 1.66. The second-order valence-electron chi connectivity index (χ2n) is 9.01. The van der Waals surface area contributed by atoms with Crippen LogP contribution in [0.25, 0.3) is 11.0 Å². The fourth-order valence-corrected chi connectivity index (χ4v) is 5.47. The molecule has 1 amide bonds. The highest BCUT2D eigenvalue weighted by Crippen LogP contribution is 2.39. The zero-order chi connectivity index (χ0) is 21.4. The Morgan fingerprint density at radius 1 is 1.06 bits per heavy atom. The predicted octanol–water partition coefficient (Wildman–Crippen LogP) is 6.04. The molecule has 5 rings (SSSR count). The average Bonchev–Trinajstić information content (AvgIpc) is 3.17. The predicted molar refractivity (Wildman–Crippen MR) is 124 cm³/mol. The Hall–Kier alpha value is -2.82. The molecule has 1 saturated carbocycles. The fourth-order valence-electron chi connectivity index (χ4n) is 5.47. The topological polar surface area (TPSA) is 47.4 Å². The van der Waals surface area contributed by atoms with E-state index in [2.05, 4.69) is 54.0 Å². The van der Waals surface area contributed by atoms with E-state index in [9.17, 15) is 4.79 Å². The number of hydrogen-bond acceptors (Lipinski definition) is 3. The van der Waals surface area contributed by atoms with Gasteiger partial charge in [0.05, 0.1) is 23.8 Å². The summed E-state index contributed by atoms with van der Waals surface area (Å²) in [6, 6.07) is 15.5. The van der Waals surface area contributed by atoms with Gasteiger partial charge in [-0.15, -0.1) is 0 Å². The van der Waals surface area contributed by atoms with Crippen molar-refractivity contribution in [3.05, 3.63) is 59.4 Å². The zero-order valence-corrected chi connectivity index (χ0v) is 18.5. The summed E-state index contributed by atoms with van der Waals surface area (Å²) in [4.78, 5) is 19.5. The monoisotopic (exact) mass is 417 g/mol. The van der Waals surface area contributed by atoms with Crippen molar-refractivity contribution in [2.75, 3.05) is 12.0 Å². The van der Waals surface area contributed by atoms with Crippen LogP contribution in [0.3, 0.4) is 0 Å². The van der Waals surface area contributed by atoms with Crippen LogP contribution < -0.4 is 4.90 Å². The first-order valence-corrected chi connectivity index (χ1v) is 11.6. The van der Waals surface area contributed by atoms with E-state index < -0.39 is 0 Å². The summed E-state index contributed by atoms with van der Waals surface area (Å²) in [5.41, 5.74) is 5.71. The quantitative estimate of drug-likeness (QED) is 0.522. The second kappa shape index (κ2) is 8.37. The van der Waals surface area contributed by atoms with Crippen LogP contribution in [-0.4, -0.2) is 28.8 Å². The van der Waals surface area contributed by atoms with Crippen molar-refractivity contribution in [1.29, 1.82) is 0 Å². The van der Waals surface area contributed by atoms with Crippen LogP contribution in [0.1, 0.15) is 68.4 Å². The minimum Gasteiger partial charge on any atom is -0.452 e. The molecule has 3 aromatic rings. The molecule has 1 atom stereocenters. The summed E-state index contributed by atoms with van der Waals surface area (Å²) in [6.07, 6.45) is 8.74. The number of benzene rings is 2. The van der Waals surface area contributed by atoms with Crippen molar-refractivity contribution < 1.29 is 9.53 Å². The van der Waals surface area contributed by atoms with Crippen LogP contribution in [-0.2, 0) is 17.6 Å². The molecule has 2 aliphatic rings. The summed E-state index contributed by atoms with van der Waals surface area (Å²) in [5.74, 6) is 1.14. The van der Waals surface area contributed by atoms with Crippen LogP contribution in [0.2, 0.25) is 0 Å². The third-order valence-corrected chi connectivity index (χ3v) is 7.04. The smallest absolute Gasteiger partial charge is 0.414 e. The Kier molecular flexibility index (Phi) is 5.43. The van der Waals surface area contributed by atoms with Gasteiger partial charge in [0, 0.05) is 24.1 Å². The van der Waals surface area contributed by atoms with Crippen molar-refractivity contribution in [3.63, 3.8) is 0 Å². The highest BCUT2D eigenvalue weighted by molar-refractivity contribution is 5.95. The van der Waals surface area contributed by atoms with Gasteiger partial charge >= 0.3 is 6.09 Å². The fraction of sp³-hybridized carbons (Fsp3) is 0.462. The summed E-state index contributed by atoms with van der Waals surface area (Å²) in [5, 5.41) is 0. The number of methoxy groups -OCH3 is 1. The zero-order valence-electron chi connectivity index (χ0n) is 18.5. The number of rotatable bonds is 3. The molecule has 1 aliphatic heterocycles. The number of amides is 1. The van der Waals surface area contributed by atoms with Gasteiger partial charge in [-0.3, -0.25) is 4.90 Å². The largest absolute Gasteiger partial charge is 0.452 e. The number of ether oxygens (including phenoxy) is 1. The number of fused-ring (bicyclic) bond motifs is 3. The minimum absolute atomic E-state index is 0.126. The molecule has 31 heavy (non-hydrogen) atoms. The van der Waals surface area contributed by atoms with Gasteiger partial charge < -0.3 is 9.30 Å². The van der Waals surface area contributed by atoms with E-state index in [-0.39, 0.29) is 12.1 Å². The third kappa shape index (κ3) is 3.60. The van der Waals surface area contributed by atoms with E-state index in [1.165, 1.54) is 55.9 Å². The van der Waals surface area contributed by atoms with Crippen molar-refractivity contribution in [3.8, 4) is 0 Å². The molecule has 162 valence electrons.